The molecule has 34 heavy (non-hydrogen) atoms. The largest absolute Gasteiger partial charge is 0.497 e. The summed E-state index contributed by atoms with van der Waals surface area (Å²) in [7, 11) is 1.64. The molecule has 1 aliphatic rings. The number of ether oxygens (including phenoxy) is 1. The van der Waals surface area contributed by atoms with Gasteiger partial charge in [0.1, 0.15) is 5.75 Å². The van der Waals surface area contributed by atoms with E-state index < -0.39 is 0 Å². The van der Waals surface area contributed by atoms with E-state index in [-0.39, 0.29) is 5.78 Å². The second-order valence-corrected chi connectivity index (χ2v) is 9.27. The highest BCUT2D eigenvalue weighted by molar-refractivity contribution is 7.17. The zero-order valence-corrected chi connectivity index (χ0v) is 19.7. The van der Waals surface area contributed by atoms with Crippen molar-refractivity contribution >= 4 is 28.8 Å². The summed E-state index contributed by atoms with van der Waals surface area (Å²) in [5.41, 5.74) is 4.48. The first-order chi connectivity index (χ1) is 16.7. The van der Waals surface area contributed by atoms with E-state index in [1.54, 1.807) is 13.3 Å². The Labute approximate surface area is 203 Å². The number of nitrogens with one attached hydrogen (secondary N) is 1. The Balaban J connectivity index is 1.23. The van der Waals surface area contributed by atoms with E-state index in [1.807, 2.05) is 48.5 Å². The average Bonchev–Trinajstić information content (AvgIpc) is 3.53. The van der Waals surface area contributed by atoms with Crippen molar-refractivity contribution in [2.75, 3.05) is 12.4 Å². The fraction of sp³-hybridized carbons (Fsp3) is 0.179. The number of aryl methyl sites for hydroxylation is 1. The number of benzene rings is 2. The minimum absolute atomic E-state index is 0.129. The van der Waals surface area contributed by atoms with Gasteiger partial charge in [-0.3, -0.25) is 4.79 Å². The predicted octanol–water partition coefficient (Wildman–Crippen LogP) is 6.82. The number of ketones is 1. The minimum Gasteiger partial charge on any atom is -0.497 e. The van der Waals surface area contributed by atoms with Gasteiger partial charge in [0.15, 0.2) is 5.78 Å². The molecule has 1 N–H and O–H groups in total. The first-order valence-electron chi connectivity index (χ1n) is 11.3. The highest BCUT2D eigenvalue weighted by Crippen LogP contribution is 2.34. The molecule has 2 heterocycles. The summed E-state index contributed by atoms with van der Waals surface area (Å²) in [6, 6.07) is 21.9. The molecule has 1 atom stereocenters. The second kappa shape index (κ2) is 10.0. The van der Waals surface area contributed by atoms with Gasteiger partial charge < -0.3 is 10.1 Å². The fourth-order valence-electron chi connectivity index (χ4n) is 4.21. The summed E-state index contributed by atoms with van der Waals surface area (Å²) in [4.78, 5) is 23.4. The molecule has 0 amide bonds. The van der Waals surface area contributed by atoms with Gasteiger partial charge in [-0.05, 0) is 66.4 Å². The van der Waals surface area contributed by atoms with Gasteiger partial charge in [0.25, 0.3) is 0 Å². The lowest BCUT2D eigenvalue weighted by molar-refractivity contribution is 0.0999. The molecular weight excluding hydrogens is 442 g/mol. The number of carbonyl (C=O) groups is 1. The third kappa shape index (κ3) is 4.92. The SMILES string of the molecule is COc1ccc(Nc2nccc(-c3ccc(C(=O)C/C=C/C4CCc5ccccc54)s3)n2)cc1. The van der Waals surface area contributed by atoms with Crippen LogP contribution < -0.4 is 10.1 Å². The Hall–Kier alpha value is -3.77. The smallest absolute Gasteiger partial charge is 0.227 e. The summed E-state index contributed by atoms with van der Waals surface area (Å²) in [5, 5.41) is 3.21. The van der Waals surface area contributed by atoms with Crippen LogP contribution in [0.2, 0.25) is 0 Å². The molecule has 5 nitrogen and oxygen atoms in total. The Morgan fingerprint density at radius 1 is 1.12 bits per heavy atom. The number of aromatic nitrogens is 2. The van der Waals surface area contributed by atoms with Crippen molar-refractivity contribution in [3.8, 4) is 16.3 Å². The maximum Gasteiger partial charge on any atom is 0.227 e. The van der Waals surface area contributed by atoms with Gasteiger partial charge in [-0.15, -0.1) is 11.3 Å². The van der Waals surface area contributed by atoms with Gasteiger partial charge >= 0.3 is 0 Å². The number of methoxy groups -OCH3 is 1. The topological polar surface area (TPSA) is 64.1 Å². The van der Waals surface area contributed by atoms with Crippen LogP contribution in [0.4, 0.5) is 11.6 Å². The molecule has 1 unspecified atom stereocenters. The number of Topliss-reactive ketones (excluding diaryl/α,β-unsaturated/α-hetero) is 1. The monoisotopic (exact) mass is 467 g/mol. The van der Waals surface area contributed by atoms with Crippen LogP contribution in [0.3, 0.4) is 0 Å². The van der Waals surface area contributed by atoms with Gasteiger partial charge in [-0.25, -0.2) is 9.97 Å². The molecule has 1 aliphatic carbocycles. The number of hydrogen-bond donors (Lipinski definition) is 1. The molecular formula is C28H25N3O2S. The molecule has 5 rings (SSSR count). The molecule has 0 saturated heterocycles. The molecule has 2 aromatic heterocycles. The third-order valence-corrected chi connectivity index (χ3v) is 7.13. The van der Waals surface area contributed by atoms with Crippen LogP contribution in [-0.2, 0) is 6.42 Å². The van der Waals surface area contributed by atoms with Gasteiger partial charge in [0.2, 0.25) is 5.95 Å². The van der Waals surface area contributed by atoms with E-state index >= 15 is 0 Å². The van der Waals surface area contributed by atoms with Crippen LogP contribution >= 0.6 is 11.3 Å². The lowest BCUT2D eigenvalue weighted by atomic mass is 10.0. The van der Waals surface area contributed by atoms with E-state index in [1.165, 1.54) is 22.5 Å². The quantitative estimate of drug-likeness (QED) is 0.228. The van der Waals surface area contributed by atoms with E-state index in [2.05, 4.69) is 45.6 Å². The predicted molar refractivity (Wildman–Crippen MR) is 137 cm³/mol. The van der Waals surface area contributed by atoms with Crippen LogP contribution in [0.25, 0.3) is 10.6 Å². The summed E-state index contributed by atoms with van der Waals surface area (Å²) < 4.78 is 5.19. The molecule has 0 saturated carbocycles. The molecule has 2 aromatic carbocycles. The van der Waals surface area contributed by atoms with E-state index in [0.717, 1.165) is 39.7 Å². The standard InChI is InChI=1S/C28H25N3O2S/c1-33-22-13-11-21(12-14-22)30-28-29-18-17-24(31-28)26-15-16-27(34-26)25(32)8-4-6-20-10-9-19-5-2-3-7-23(19)20/h2-7,11-18,20H,8-10H2,1H3,(H,29,30,31)/b6-4+. The number of fused-ring (bicyclic) bond motifs is 1. The number of anilines is 2. The molecule has 0 aliphatic heterocycles. The van der Waals surface area contributed by atoms with Crippen molar-refractivity contribution in [2.45, 2.75) is 25.2 Å². The highest BCUT2D eigenvalue weighted by Gasteiger charge is 2.19. The second-order valence-electron chi connectivity index (χ2n) is 8.18. The Morgan fingerprint density at radius 3 is 2.82 bits per heavy atom. The molecule has 4 aromatic rings. The number of nitrogens with zero attached hydrogens (tertiary/aromatic N) is 2. The normalized spacial score (nSPS) is 14.8. The Morgan fingerprint density at radius 2 is 1.97 bits per heavy atom. The maximum absolute atomic E-state index is 12.8. The maximum atomic E-state index is 12.8. The summed E-state index contributed by atoms with van der Waals surface area (Å²) >= 11 is 1.47. The van der Waals surface area contributed by atoms with E-state index in [0.29, 0.717) is 18.3 Å². The zero-order valence-electron chi connectivity index (χ0n) is 18.9. The van der Waals surface area contributed by atoms with Crippen molar-refractivity contribution < 1.29 is 9.53 Å². The molecule has 0 bridgehead atoms. The lowest BCUT2D eigenvalue weighted by Crippen LogP contribution is -1.97. The van der Waals surface area contributed by atoms with Gasteiger partial charge in [-0.1, -0.05) is 36.4 Å². The first kappa shape index (κ1) is 22.0. The van der Waals surface area contributed by atoms with Crippen molar-refractivity contribution in [2.24, 2.45) is 0 Å². The van der Waals surface area contributed by atoms with Gasteiger partial charge in [0.05, 0.1) is 22.6 Å². The van der Waals surface area contributed by atoms with Gasteiger partial charge in [0, 0.05) is 24.2 Å². The van der Waals surface area contributed by atoms with Crippen molar-refractivity contribution in [3.63, 3.8) is 0 Å². The molecule has 6 heteroatoms. The Bertz CT molecular complexity index is 1330. The number of rotatable bonds is 8. The van der Waals surface area contributed by atoms with Crippen molar-refractivity contribution in [1.29, 1.82) is 0 Å². The van der Waals surface area contributed by atoms with Crippen LogP contribution in [-0.4, -0.2) is 22.9 Å². The van der Waals surface area contributed by atoms with E-state index in [9.17, 15) is 4.79 Å². The van der Waals surface area contributed by atoms with E-state index in [4.69, 9.17) is 4.74 Å². The number of allylic oxidation sites excluding steroid dienone is 2. The number of thiophene rings is 1. The summed E-state index contributed by atoms with van der Waals surface area (Å²) in [6.07, 6.45) is 8.58. The molecule has 0 radical (unpaired) electrons. The van der Waals surface area contributed by atoms with Crippen molar-refractivity contribution in [1.82, 2.24) is 9.97 Å². The summed E-state index contributed by atoms with van der Waals surface area (Å²) in [6.45, 7) is 0. The lowest BCUT2D eigenvalue weighted by Gasteiger charge is -2.06. The zero-order chi connectivity index (χ0) is 23.3. The third-order valence-electron chi connectivity index (χ3n) is 5.99. The van der Waals surface area contributed by atoms with Crippen LogP contribution in [0, 0.1) is 0 Å². The number of hydrogen-bond acceptors (Lipinski definition) is 6. The summed E-state index contributed by atoms with van der Waals surface area (Å²) in [5.74, 6) is 1.84. The van der Waals surface area contributed by atoms with Crippen LogP contribution in [0.1, 0.15) is 39.6 Å². The Kier molecular flexibility index (Phi) is 6.49. The van der Waals surface area contributed by atoms with Crippen LogP contribution in [0.15, 0.2) is 85.1 Å². The fourth-order valence-corrected chi connectivity index (χ4v) is 5.14. The molecule has 0 fully saturated rings. The first-order valence-corrected chi connectivity index (χ1v) is 12.1. The van der Waals surface area contributed by atoms with Crippen molar-refractivity contribution in [3.05, 3.63) is 101 Å². The number of carbonyl (C=O) groups excluding carboxylic acids is 1. The molecule has 170 valence electrons. The van der Waals surface area contributed by atoms with Gasteiger partial charge in [-0.2, -0.15) is 0 Å². The average molecular weight is 468 g/mol. The highest BCUT2D eigenvalue weighted by atomic mass is 32.1. The van der Waals surface area contributed by atoms with Crippen LogP contribution in [0.5, 0.6) is 5.75 Å². The molecule has 0 spiro atoms. The minimum atomic E-state index is 0.129.